The van der Waals surface area contributed by atoms with Crippen LogP contribution in [0.4, 0.5) is 5.13 Å². The predicted molar refractivity (Wildman–Crippen MR) is 106 cm³/mol. The summed E-state index contributed by atoms with van der Waals surface area (Å²) in [6, 6.07) is 5.66. The van der Waals surface area contributed by atoms with Gasteiger partial charge in [0, 0.05) is 25.0 Å². The van der Waals surface area contributed by atoms with Gasteiger partial charge in [-0.25, -0.2) is 4.98 Å². The van der Waals surface area contributed by atoms with Crippen LogP contribution < -0.4 is 5.32 Å². The zero-order valence-corrected chi connectivity index (χ0v) is 16.3. The Hall–Kier alpha value is -1.17. The second-order valence-corrected chi connectivity index (χ2v) is 9.76. The van der Waals surface area contributed by atoms with Crippen LogP contribution in [0, 0.1) is 5.92 Å². The molecule has 26 heavy (non-hydrogen) atoms. The molecular weight excluding hydrogens is 342 g/mol. The number of piperidine rings is 1. The highest BCUT2D eigenvalue weighted by Crippen LogP contribution is 2.56. The van der Waals surface area contributed by atoms with Crippen molar-refractivity contribution in [2.75, 3.05) is 32.1 Å². The molecule has 2 aliphatic heterocycles. The molecule has 0 radical (unpaired) electrons. The van der Waals surface area contributed by atoms with Crippen LogP contribution in [-0.2, 0) is 16.6 Å². The minimum absolute atomic E-state index is 0.412. The van der Waals surface area contributed by atoms with Crippen molar-refractivity contribution in [1.29, 1.82) is 0 Å². The molecule has 5 heteroatoms. The smallest absolute Gasteiger partial charge is 0.183 e. The molecule has 6 rings (SSSR count). The second-order valence-electron chi connectivity index (χ2n) is 8.73. The molecule has 4 nitrogen and oxygen atoms in total. The fourth-order valence-corrected chi connectivity index (χ4v) is 7.15. The van der Waals surface area contributed by atoms with Gasteiger partial charge in [-0.2, -0.15) is 0 Å². The van der Waals surface area contributed by atoms with Crippen LogP contribution in [0.3, 0.4) is 0 Å². The fourth-order valence-electron chi connectivity index (χ4n) is 6.28. The number of hydrogen-bond donors (Lipinski definition) is 1. The van der Waals surface area contributed by atoms with Gasteiger partial charge in [0.05, 0.1) is 22.9 Å². The molecule has 1 saturated carbocycles. The van der Waals surface area contributed by atoms with E-state index in [2.05, 4.69) is 22.3 Å². The average Bonchev–Trinajstić information content (AvgIpc) is 3.39. The summed E-state index contributed by atoms with van der Waals surface area (Å²) < 4.78 is 6.91. The lowest BCUT2D eigenvalue weighted by Gasteiger charge is -2.59. The summed E-state index contributed by atoms with van der Waals surface area (Å²) in [7, 11) is 1.97. The van der Waals surface area contributed by atoms with Crippen LogP contribution in [0.1, 0.15) is 43.2 Å². The Labute approximate surface area is 158 Å². The number of likely N-dealkylation sites (tertiary alicyclic amines) is 1. The van der Waals surface area contributed by atoms with Crippen LogP contribution >= 0.6 is 11.3 Å². The van der Waals surface area contributed by atoms with Gasteiger partial charge < -0.3 is 10.1 Å². The van der Waals surface area contributed by atoms with E-state index in [-0.39, 0.29) is 0 Å². The topological polar surface area (TPSA) is 40.7 Å². The molecule has 0 spiro atoms. The number of anilines is 1. The normalized spacial score (nSPS) is 35.8. The lowest BCUT2D eigenvalue weighted by molar-refractivity contribution is -0.0138. The maximum atomic E-state index is 5.57. The lowest BCUT2D eigenvalue weighted by atomic mass is 9.52. The van der Waals surface area contributed by atoms with Crippen molar-refractivity contribution in [1.82, 2.24) is 9.88 Å². The molecule has 3 fully saturated rings. The minimum atomic E-state index is 0.412. The van der Waals surface area contributed by atoms with Gasteiger partial charge >= 0.3 is 0 Å². The fraction of sp³-hybridized carbons (Fsp3) is 0.667. The number of epoxide rings is 1. The Balaban J connectivity index is 1.48. The third-order valence-corrected chi connectivity index (χ3v) is 8.55. The van der Waals surface area contributed by atoms with E-state index in [1.165, 1.54) is 55.3 Å². The summed E-state index contributed by atoms with van der Waals surface area (Å²) in [5.74, 6) is 0.830. The Morgan fingerprint density at radius 3 is 3.12 bits per heavy atom. The van der Waals surface area contributed by atoms with Crippen LogP contribution in [0.2, 0.25) is 0 Å². The number of nitrogens with zero attached hydrogens (tertiary/aromatic N) is 2. The number of thiazole rings is 1. The van der Waals surface area contributed by atoms with Crippen molar-refractivity contribution in [2.45, 2.75) is 56.1 Å². The van der Waals surface area contributed by atoms with Gasteiger partial charge in [0.15, 0.2) is 5.13 Å². The van der Waals surface area contributed by atoms with E-state index in [0.717, 1.165) is 30.2 Å². The van der Waals surface area contributed by atoms with Crippen LogP contribution in [0.25, 0.3) is 10.2 Å². The van der Waals surface area contributed by atoms with Crippen molar-refractivity contribution in [3.8, 4) is 0 Å². The van der Waals surface area contributed by atoms with E-state index in [1.54, 1.807) is 22.5 Å². The second kappa shape index (κ2) is 5.66. The first-order chi connectivity index (χ1) is 12.8. The van der Waals surface area contributed by atoms with E-state index in [9.17, 15) is 0 Å². The first-order valence-electron chi connectivity index (χ1n) is 10.2. The zero-order valence-electron chi connectivity index (χ0n) is 15.5. The molecule has 3 heterocycles. The SMILES string of the molecule is CNc1nc2cc3c(cc2s1)C[C@@H]1[C@@H]2CCCC[C@]32CCN1CC1CO1. The van der Waals surface area contributed by atoms with Crippen LogP contribution in [0.15, 0.2) is 12.1 Å². The predicted octanol–water partition coefficient (Wildman–Crippen LogP) is 3.80. The van der Waals surface area contributed by atoms with Crippen LogP contribution in [-0.4, -0.2) is 48.8 Å². The Kier molecular flexibility index (Phi) is 3.45. The molecule has 4 aliphatic rings. The highest BCUT2D eigenvalue weighted by atomic mass is 32.1. The third-order valence-electron chi connectivity index (χ3n) is 7.51. The standard InChI is InChI=1S/C21H27N3OS/c1-22-20-23-17-10-16-13(9-19(17)26-20)8-18-15-4-2-3-5-21(15,16)6-7-24(18)11-14-12-25-14/h9-10,14-15,18H,2-8,11-12H2,1H3,(H,22,23)/t14?,15-,18+,21+/m0/s1. The summed E-state index contributed by atoms with van der Waals surface area (Å²) in [5, 5.41) is 4.27. The molecule has 1 aromatic carbocycles. The van der Waals surface area contributed by atoms with Gasteiger partial charge in [-0.15, -0.1) is 0 Å². The van der Waals surface area contributed by atoms with E-state index in [4.69, 9.17) is 9.72 Å². The summed E-state index contributed by atoms with van der Waals surface area (Å²) in [6.45, 7) is 3.38. The number of aromatic nitrogens is 1. The molecule has 2 aliphatic carbocycles. The molecule has 1 aromatic heterocycles. The number of ether oxygens (including phenoxy) is 1. The van der Waals surface area contributed by atoms with Gasteiger partial charge in [0.25, 0.3) is 0 Å². The first-order valence-corrected chi connectivity index (χ1v) is 11.1. The van der Waals surface area contributed by atoms with Crippen molar-refractivity contribution in [3.63, 3.8) is 0 Å². The van der Waals surface area contributed by atoms with Gasteiger partial charge in [-0.1, -0.05) is 24.2 Å². The van der Waals surface area contributed by atoms with Crippen LogP contribution in [0.5, 0.6) is 0 Å². The molecular formula is C21H27N3OS. The number of rotatable bonds is 3. The highest BCUT2D eigenvalue weighted by Gasteiger charge is 2.54. The van der Waals surface area contributed by atoms with E-state index >= 15 is 0 Å². The summed E-state index contributed by atoms with van der Waals surface area (Å²) in [5.41, 5.74) is 4.87. The molecule has 138 valence electrons. The molecule has 1 unspecified atom stereocenters. The van der Waals surface area contributed by atoms with Crippen molar-refractivity contribution >= 4 is 26.7 Å². The third kappa shape index (κ3) is 2.23. The molecule has 2 aromatic rings. The van der Waals surface area contributed by atoms with Gasteiger partial charge in [0.1, 0.15) is 0 Å². The molecule has 0 amide bonds. The minimum Gasteiger partial charge on any atom is -0.372 e. The Bertz CT molecular complexity index is 860. The maximum Gasteiger partial charge on any atom is 0.183 e. The van der Waals surface area contributed by atoms with Crippen molar-refractivity contribution in [2.24, 2.45) is 5.92 Å². The molecule has 2 bridgehead atoms. The Morgan fingerprint density at radius 1 is 1.35 bits per heavy atom. The lowest BCUT2D eigenvalue weighted by Crippen LogP contribution is -2.61. The van der Waals surface area contributed by atoms with Gasteiger partial charge in [-0.3, -0.25) is 4.90 Å². The van der Waals surface area contributed by atoms with Crippen molar-refractivity contribution < 1.29 is 4.74 Å². The largest absolute Gasteiger partial charge is 0.372 e. The highest BCUT2D eigenvalue weighted by molar-refractivity contribution is 7.22. The summed E-state index contributed by atoms with van der Waals surface area (Å²) in [4.78, 5) is 7.60. The summed E-state index contributed by atoms with van der Waals surface area (Å²) >= 11 is 1.79. The van der Waals surface area contributed by atoms with Gasteiger partial charge in [-0.05, 0) is 61.4 Å². The average molecular weight is 370 g/mol. The maximum absolute atomic E-state index is 5.57. The monoisotopic (exact) mass is 369 g/mol. The van der Waals surface area contributed by atoms with Crippen molar-refractivity contribution in [3.05, 3.63) is 23.3 Å². The van der Waals surface area contributed by atoms with Gasteiger partial charge in [0.2, 0.25) is 0 Å². The molecule has 4 atom stereocenters. The van der Waals surface area contributed by atoms with E-state index in [1.807, 2.05) is 7.05 Å². The zero-order chi connectivity index (χ0) is 17.3. The quantitative estimate of drug-likeness (QED) is 0.836. The first kappa shape index (κ1) is 15.8. The molecule has 1 N–H and O–H groups in total. The Morgan fingerprint density at radius 2 is 2.27 bits per heavy atom. The summed E-state index contributed by atoms with van der Waals surface area (Å²) in [6.07, 6.45) is 8.64. The molecule has 2 saturated heterocycles. The number of fused-ring (bicyclic) bond motifs is 2. The van der Waals surface area contributed by atoms with E-state index in [0.29, 0.717) is 11.5 Å². The number of nitrogens with one attached hydrogen (secondary N) is 1. The number of benzene rings is 1. The van der Waals surface area contributed by atoms with E-state index < -0.39 is 0 Å². The number of hydrogen-bond acceptors (Lipinski definition) is 5.